The lowest BCUT2D eigenvalue weighted by Gasteiger charge is -2.16. The molecule has 0 fully saturated rings. The third-order valence-corrected chi connectivity index (χ3v) is 5.50. The van der Waals surface area contributed by atoms with E-state index in [0.717, 1.165) is 25.0 Å². The Morgan fingerprint density at radius 2 is 1.70 bits per heavy atom. The molecule has 23 heavy (non-hydrogen) atoms. The molecular formula is C18H21NO3S. The number of rotatable bonds is 6. The van der Waals surface area contributed by atoms with Gasteiger partial charge in [0.05, 0.1) is 4.90 Å². The van der Waals surface area contributed by atoms with E-state index in [1.54, 1.807) is 6.07 Å². The fraction of sp³-hybridized carbons (Fsp3) is 0.333. The van der Waals surface area contributed by atoms with Crippen LogP contribution in [0.5, 0.6) is 5.75 Å². The minimum atomic E-state index is -3.48. The average molecular weight is 331 g/mol. The number of sulfonamides is 1. The van der Waals surface area contributed by atoms with E-state index in [0.29, 0.717) is 11.5 Å². The van der Waals surface area contributed by atoms with Crippen LogP contribution in [0.3, 0.4) is 0 Å². The maximum atomic E-state index is 12.4. The lowest BCUT2D eigenvalue weighted by molar-refractivity contribution is 0.323. The molecule has 0 amide bonds. The summed E-state index contributed by atoms with van der Waals surface area (Å²) >= 11 is 0. The Balaban J connectivity index is 1.58. The zero-order valence-corrected chi connectivity index (χ0v) is 13.8. The van der Waals surface area contributed by atoms with Crippen molar-refractivity contribution in [3.8, 4) is 5.75 Å². The molecule has 0 heterocycles. The second kappa shape index (κ2) is 7.15. The fourth-order valence-electron chi connectivity index (χ4n) is 2.82. The minimum absolute atomic E-state index is 0.244. The first kappa shape index (κ1) is 16.0. The second-order valence-corrected chi connectivity index (χ2v) is 7.46. The van der Waals surface area contributed by atoms with Gasteiger partial charge >= 0.3 is 0 Å². The molecule has 0 unspecified atom stereocenters. The SMILES string of the molecule is O=S(=O)(NCCOc1ccccc1)c1ccc2c(c1)CCCC2. The van der Waals surface area contributed by atoms with Gasteiger partial charge < -0.3 is 4.74 Å². The van der Waals surface area contributed by atoms with Gasteiger partial charge in [-0.15, -0.1) is 0 Å². The first-order valence-electron chi connectivity index (χ1n) is 7.94. The first-order valence-corrected chi connectivity index (χ1v) is 9.43. The molecule has 0 aliphatic heterocycles. The molecule has 1 N–H and O–H groups in total. The molecule has 3 rings (SSSR count). The molecule has 0 saturated heterocycles. The zero-order chi connectivity index (χ0) is 16.1. The maximum absolute atomic E-state index is 12.4. The maximum Gasteiger partial charge on any atom is 0.240 e. The molecule has 2 aromatic carbocycles. The third kappa shape index (κ3) is 4.12. The molecule has 0 spiro atoms. The van der Waals surface area contributed by atoms with E-state index in [2.05, 4.69) is 4.72 Å². The van der Waals surface area contributed by atoms with Crippen molar-refractivity contribution < 1.29 is 13.2 Å². The lowest BCUT2D eigenvalue weighted by atomic mass is 9.92. The number of ether oxygens (including phenoxy) is 1. The Hall–Kier alpha value is -1.85. The van der Waals surface area contributed by atoms with Gasteiger partial charge in [0.2, 0.25) is 10.0 Å². The standard InChI is InChI=1S/C18H21NO3S/c20-23(21,19-12-13-22-17-8-2-1-3-9-17)18-11-10-15-6-4-5-7-16(15)14-18/h1-3,8-11,14,19H,4-7,12-13H2. The smallest absolute Gasteiger partial charge is 0.240 e. The number of hydrogen-bond acceptors (Lipinski definition) is 3. The highest BCUT2D eigenvalue weighted by Crippen LogP contribution is 2.23. The Bertz CT molecular complexity index is 757. The van der Waals surface area contributed by atoms with E-state index in [1.807, 2.05) is 42.5 Å². The van der Waals surface area contributed by atoms with Crippen molar-refractivity contribution in [3.63, 3.8) is 0 Å². The summed E-state index contributed by atoms with van der Waals surface area (Å²) in [6, 6.07) is 14.8. The molecule has 0 bridgehead atoms. The summed E-state index contributed by atoms with van der Waals surface area (Å²) in [7, 11) is -3.48. The molecule has 122 valence electrons. The molecule has 2 aromatic rings. The fourth-order valence-corrected chi connectivity index (χ4v) is 3.89. The summed E-state index contributed by atoms with van der Waals surface area (Å²) in [5, 5.41) is 0. The summed E-state index contributed by atoms with van der Waals surface area (Å²) in [5.41, 5.74) is 2.45. The van der Waals surface area contributed by atoms with Crippen LogP contribution >= 0.6 is 0 Å². The van der Waals surface area contributed by atoms with Crippen LogP contribution < -0.4 is 9.46 Å². The summed E-state index contributed by atoms with van der Waals surface area (Å²) in [5.74, 6) is 0.737. The van der Waals surface area contributed by atoms with Gasteiger partial charge in [-0.3, -0.25) is 0 Å². The predicted molar refractivity (Wildman–Crippen MR) is 90.2 cm³/mol. The van der Waals surface area contributed by atoms with E-state index in [-0.39, 0.29) is 6.54 Å². The van der Waals surface area contributed by atoms with E-state index in [4.69, 9.17) is 4.74 Å². The number of benzene rings is 2. The summed E-state index contributed by atoms with van der Waals surface area (Å²) in [6.07, 6.45) is 4.34. The van der Waals surface area contributed by atoms with Crippen LogP contribution in [0.4, 0.5) is 0 Å². The number of para-hydroxylation sites is 1. The number of nitrogens with one attached hydrogen (secondary N) is 1. The molecule has 0 radical (unpaired) electrons. The molecule has 4 nitrogen and oxygen atoms in total. The van der Waals surface area contributed by atoms with Crippen LogP contribution in [0.1, 0.15) is 24.0 Å². The molecular weight excluding hydrogens is 310 g/mol. The monoisotopic (exact) mass is 331 g/mol. The van der Waals surface area contributed by atoms with Crippen molar-refractivity contribution in [3.05, 3.63) is 59.7 Å². The summed E-state index contributed by atoms with van der Waals surface area (Å²) in [6.45, 7) is 0.544. The number of hydrogen-bond donors (Lipinski definition) is 1. The summed E-state index contributed by atoms with van der Waals surface area (Å²) in [4.78, 5) is 0.345. The van der Waals surface area contributed by atoms with Gasteiger partial charge in [-0.05, 0) is 61.1 Å². The van der Waals surface area contributed by atoms with Gasteiger partial charge in [0, 0.05) is 6.54 Å². The topological polar surface area (TPSA) is 55.4 Å². The van der Waals surface area contributed by atoms with Gasteiger partial charge in [0.25, 0.3) is 0 Å². The second-order valence-electron chi connectivity index (χ2n) is 5.70. The van der Waals surface area contributed by atoms with E-state index in [9.17, 15) is 8.42 Å². The van der Waals surface area contributed by atoms with Crippen molar-refractivity contribution in [2.45, 2.75) is 30.6 Å². The Morgan fingerprint density at radius 1 is 0.957 bits per heavy atom. The first-order chi connectivity index (χ1) is 11.1. The van der Waals surface area contributed by atoms with E-state index < -0.39 is 10.0 Å². The van der Waals surface area contributed by atoms with Crippen LogP contribution in [0.15, 0.2) is 53.4 Å². The van der Waals surface area contributed by atoms with Gasteiger partial charge in [-0.1, -0.05) is 24.3 Å². The van der Waals surface area contributed by atoms with Gasteiger partial charge in [0.15, 0.2) is 0 Å². The number of fused-ring (bicyclic) bond motifs is 1. The Morgan fingerprint density at radius 3 is 2.48 bits per heavy atom. The molecule has 1 aliphatic rings. The molecule has 0 saturated carbocycles. The minimum Gasteiger partial charge on any atom is -0.492 e. The highest BCUT2D eigenvalue weighted by molar-refractivity contribution is 7.89. The Kier molecular flexibility index (Phi) is 4.98. The van der Waals surface area contributed by atoms with E-state index in [1.165, 1.54) is 17.5 Å². The van der Waals surface area contributed by atoms with Gasteiger partial charge in [-0.2, -0.15) is 0 Å². The predicted octanol–water partition coefficient (Wildman–Crippen LogP) is 2.92. The van der Waals surface area contributed by atoms with Crippen molar-refractivity contribution in [1.29, 1.82) is 0 Å². The van der Waals surface area contributed by atoms with Crippen molar-refractivity contribution >= 4 is 10.0 Å². The van der Waals surface area contributed by atoms with Crippen molar-refractivity contribution in [2.24, 2.45) is 0 Å². The normalized spacial score (nSPS) is 14.3. The van der Waals surface area contributed by atoms with Crippen molar-refractivity contribution in [2.75, 3.05) is 13.2 Å². The quantitative estimate of drug-likeness (QED) is 0.828. The van der Waals surface area contributed by atoms with Crippen LogP contribution in [-0.2, 0) is 22.9 Å². The molecule has 5 heteroatoms. The molecule has 1 aliphatic carbocycles. The lowest BCUT2D eigenvalue weighted by Crippen LogP contribution is -2.28. The molecule has 0 atom stereocenters. The average Bonchev–Trinajstić information content (AvgIpc) is 2.59. The van der Waals surface area contributed by atoms with Crippen LogP contribution in [0.25, 0.3) is 0 Å². The van der Waals surface area contributed by atoms with Crippen molar-refractivity contribution in [1.82, 2.24) is 4.72 Å². The van der Waals surface area contributed by atoms with Crippen LogP contribution in [0, 0.1) is 0 Å². The summed E-state index contributed by atoms with van der Waals surface area (Å²) < 4.78 is 32.8. The molecule has 0 aromatic heterocycles. The highest BCUT2D eigenvalue weighted by atomic mass is 32.2. The third-order valence-electron chi connectivity index (χ3n) is 4.04. The zero-order valence-electron chi connectivity index (χ0n) is 13.0. The largest absolute Gasteiger partial charge is 0.492 e. The van der Waals surface area contributed by atoms with Crippen LogP contribution in [0.2, 0.25) is 0 Å². The highest BCUT2D eigenvalue weighted by Gasteiger charge is 2.17. The van der Waals surface area contributed by atoms with Gasteiger partial charge in [0.1, 0.15) is 12.4 Å². The Labute approximate surface area is 137 Å². The van der Waals surface area contributed by atoms with Crippen LogP contribution in [-0.4, -0.2) is 21.6 Å². The van der Waals surface area contributed by atoms with Gasteiger partial charge in [-0.25, -0.2) is 13.1 Å². The number of aryl methyl sites for hydroxylation is 2. The van der Waals surface area contributed by atoms with E-state index >= 15 is 0 Å².